The lowest BCUT2D eigenvalue weighted by Gasteiger charge is -2.38. The van der Waals surface area contributed by atoms with Crippen molar-refractivity contribution in [1.82, 2.24) is 34.1 Å². The molecule has 0 saturated heterocycles. The van der Waals surface area contributed by atoms with Crippen molar-refractivity contribution >= 4 is 44.1 Å². The molecule has 6 rings (SSSR count). The van der Waals surface area contributed by atoms with E-state index in [2.05, 4.69) is 6.58 Å². The number of rotatable bonds is 7. The van der Waals surface area contributed by atoms with Gasteiger partial charge < -0.3 is 14.2 Å². The maximum absolute atomic E-state index is 16.3. The van der Waals surface area contributed by atoms with Crippen LogP contribution in [-0.4, -0.2) is 73.0 Å². The lowest BCUT2D eigenvalue weighted by Crippen LogP contribution is -2.45. The second kappa shape index (κ2) is 15.3. The summed E-state index contributed by atoms with van der Waals surface area (Å²) in [5.41, 5.74) is 3.68. The molecule has 53 heavy (non-hydrogen) atoms. The van der Waals surface area contributed by atoms with Gasteiger partial charge in [-0.1, -0.05) is 26.5 Å². The number of carbonyl (C=O) groups is 1. The Labute approximate surface area is 313 Å². The zero-order valence-corrected chi connectivity index (χ0v) is 33.1. The number of benzene rings is 1. The summed E-state index contributed by atoms with van der Waals surface area (Å²) < 4.78 is 56.1. The van der Waals surface area contributed by atoms with Crippen molar-refractivity contribution < 1.29 is 22.7 Å². The Balaban J connectivity index is 0.00000266. The van der Waals surface area contributed by atoms with E-state index in [9.17, 15) is 9.18 Å². The lowest BCUT2D eigenvalue weighted by atomic mass is 9.91. The topological polar surface area (TPSA) is 81.3 Å². The van der Waals surface area contributed by atoms with Crippen LogP contribution in [0.2, 0.25) is 0 Å². The second-order valence-corrected chi connectivity index (χ2v) is 15.2. The van der Waals surface area contributed by atoms with E-state index < -0.39 is 29.4 Å². The molecular weight excluding hydrogens is 700 g/mol. The van der Waals surface area contributed by atoms with Crippen LogP contribution in [0.15, 0.2) is 60.0 Å². The van der Waals surface area contributed by atoms with Crippen molar-refractivity contribution in [3.05, 3.63) is 82.9 Å². The van der Waals surface area contributed by atoms with Gasteiger partial charge in [0.1, 0.15) is 28.8 Å². The third-order valence-electron chi connectivity index (χ3n) is 9.02. The average molecular weight is 748 g/mol. The Morgan fingerprint density at radius 2 is 1.85 bits per heavy atom. The van der Waals surface area contributed by atoms with Crippen LogP contribution in [0.4, 0.5) is 18.0 Å². The fraction of sp³-hybridized carbons (Fsp3) is 0.400. The van der Waals surface area contributed by atoms with Gasteiger partial charge in [-0.3, -0.25) is 9.58 Å². The van der Waals surface area contributed by atoms with Gasteiger partial charge in [-0.25, -0.2) is 27.9 Å². The summed E-state index contributed by atoms with van der Waals surface area (Å²) in [4.78, 5) is 26.6. The molecule has 1 aliphatic rings. The van der Waals surface area contributed by atoms with E-state index in [-0.39, 0.29) is 41.1 Å². The van der Waals surface area contributed by atoms with Gasteiger partial charge in [0.25, 0.3) is 0 Å². The molecule has 1 aliphatic heterocycles. The number of allylic oxidation sites excluding steroid dienone is 2. The van der Waals surface area contributed by atoms with Crippen molar-refractivity contribution in [3.63, 3.8) is 0 Å². The molecule has 2 atom stereocenters. The Morgan fingerprint density at radius 1 is 1.15 bits per heavy atom. The van der Waals surface area contributed by atoms with Gasteiger partial charge in [-0.05, 0) is 79.4 Å². The smallest absolute Gasteiger partial charge is 0.410 e. The number of pyridine rings is 1. The Kier molecular flexibility index (Phi) is 11.4. The van der Waals surface area contributed by atoms with E-state index >= 15 is 8.78 Å². The van der Waals surface area contributed by atoms with Gasteiger partial charge in [-0.2, -0.15) is 5.10 Å². The molecule has 5 heterocycles. The van der Waals surface area contributed by atoms with Crippen LogP contribution in [0.1, 0.15) is 77.6 Å². The van der Waals surface area contributed by atoms with Gasteiger partial charge in [-0.15, -0.1) is 11.3 Å². The molecular formula is C40H48F3N7O2S. The van der Waals surface area contributed by atoms with E-state index in [1.165, 1.54) is 5.38 Å². The molecule has 1 amide bonds. The SMILES string of the molecule is C=C(CN(C)C)C(=C(F)/C=C/F)c1c(-c2cc3n(n2)C(C)CN(C(=O)OC(C)(C)C)[C@@H]3C)nc(-c2ccc3c(c2)nc(C)n3C)c2scc(F)c12.CC. The number of carbonyl (C=O) groups excluding carboxylic acids is 1. The standard InChI is InChI=1S/C38H42F3N7O2S.C2H6/c1-20(17-45(8)9)31(25(40)13-14-39)33-32-26(41)19-51-36(32)34(24-11-12-29-27(15-24)42-23(4)46(29)10)43-35(33)28-16-30-22(3)47(18-21(2)48(30)44-28)37(49)50-38(5,6)7;1-2/h11-16,19,21-22H,1,17-18H2,2-10H3;1-2H3/b14-13+,31-25?;/t21?,22-;/m1./s1. The Morgan fingerprint density at radius 3 is 2.49 bits per heavy atom. The van der Waals surface area contributed by atoms with E-state index in [1.54, 1.807) is 30.0 Å². The zero-order valence-electron chi connectivity index (χ0n) is 32.3. The summed E-state index contributed by atoms with van der Waals surface area (Å²) in [6, 6.07) is 6.84. The van der Waals surface area contributed by atoms with E-state index in [0.717, 1.165) is 28.2 Å². The first-order valence-electron chi connectivity index (χ1n) is 17.6. The summed E-state index contributed by atoms with van der Waals surface area (Å²) >= 11 is 1.15. The normalized spacial score (nSPS) is 16.6. The molecule has 13 heteroatoms. The minimum Gasteiger partial charge on any atom is -0.444 e. The monoisotopic (exact) mass is 747 g/mol. The number of ether oxygens (including phenoxy) is 1. The summed E-state index contributed by atoms with van der Waals surface area (Å²) in [5, 5.41) is 6.46. The molecule has 5 aromatic rings. The number of aryl methyl sites for hydroxylation is 2. The van der Waals surface area contributed by atoms with E-state index in [0.29, 0.717) is 45.5 Å². The minimum absolute atomic E-state index is 0.0767. The largest absolute Gasteiger partial charge is 0.444 e. The molecule has 9 nitrogen and oxygen atoms in total. The minimum atomic E-state index is -0.931. The first-order chi connectivity index (χ1) is 25.0. The van der Waals surface area contributed by atoms with E-state index in [4.69, 9.17) is 19.8 Å². The van der Waals surface area contributed by atoms with Crippen molar-refractivity contribution in [3.8, 4) is 22.6 Å². The summed E-state index contributed by atoms with van der Waals surface area (Å²) in [6.45, 7) is 19.9. The maximum Gasteiger partial charge on any atom is 0.410 e. The highest BCUT2D eigenvalue weighted by molar-refractivity contribution is 7.17. The van der Waals surface area contributed by atoms with Gasteiger partial charge in [0.15, 0.2) is 0 Å². The number of fused-ring (bicyclic) bond motifs is 3. The van der Waals surface area contributed by atoms with Gasteiger partial charge in [0.05, 0.1) is 51.2 Å². The highest BCUT2D eigenvalue weighted by Crippen LogP contribution is 2.46. The van der Waals surface area contributed by atoms with Crippen LogP contribution in [0.5, 0.6) is 0 Å². The molecule has 0 aliphatic carbocycles. The van der Waals surface area contributed by atoms with E-state index in [1.807, 2.05) is 89.9 Å². The predicted molar refractivity (Wildman–Crippen MR) is 209 cm³/mol. The predicted octanol–water partition coefficient (Wildman–Crippen LogP) is 10.3. The molecule has 282 valence electrons. The van der Waals surface area contributed by atoms with Crippen LogP contribution in [-0.2, 0) is 11.8 Å². The average Bonchev–Trinajstić information content (AvgIpc) is 3.78. The highest BCUT2D eigenvalue weighted by Gasteiger charge is 2.37. The van der Waals surface area contributed by atoms with Gasteiger partial charge >= 0.3 is 6.09 Å². The first-order valence-corrected chi connectivity index (χ1v) is 18.5. The van der Waals surface area contributed by atoms with Gasteiger partial charge in [0, 0.05) is 53.7 Å². The molecule has 0 radical (unpaired) electrons. The number of thiophene rings is 1. The highest BCUT2D eigenvalue weighted by atomic mass is 32.1. The summed E-state index contributed by atoms with van der Waals surface area (Å²) in [5.74, 6) is -0.686. The lowest BCUT2D eigenvalue weighted by molar-refractivity contribution is 0.00865. The molecule has 1 aromatic carbocycles. The fourth-order valence-corrected chi connectivity index (χ4v) is 7.59. The number of imidazole rings is 1. The molecule has 0 bridgehead atoms. The Bertz CT molecular complexity index is 2260. The molecule has 0 fully saturated rings. The Hall–Kier alpha value is -4.75. The van der Waals surface area contributed by atoms with Crippen LogP contribution in [0.25, 0.3) is 49.3 Å². The van der Waals surface area contributed by atoms with Crippen LogP contribution in [0, 0.1) is 12.7 Å². The number of hydrogen-bond acceptors (Lipinski definition) is 7. The second-order valence-electron chi connectivity index (χ2n) is 14.3. The maximum atomic E-state index is 16.3. The number of likely N-dealkylation sites (N-methyl/N-ethyl adjacent to an activating group) is 1. The van der Waals surface area contributed by atoms with Crippen molar-refractivity contribution in [2.75, 3.05) is 27.2 Å². The third kappa shape index (κ3) is 7.54. The van der Waals surface area contributed by atoms with Gasteiger partial charge in [0.2, 0.25) is 0 Å². The zero-order chi connectivity index (χ0) is 39.1. The summed E-state index contributed by atoms with van der Waals surface area (Å²) in [7, 11) is 5.53. The number of hydrogen-bond donors (Lipinski definition) is 0. The summed E-state index contributed by atoms with van der Waals surface area (Å²) in [6.07, 6.45) is 0.348. The van der Waals surface area contributed by atoms with Crippen LogP contribution >= 0.6 is 11.3 Å². The van der Waals surface area contributed by atoms with Crippen molar-refractivity contribution in [2.45, 2.75) is 73.1 Å². The fourth-order valence-electron chi connectivity index (χ4n) is 6.66. The quantitative estimate of drug-likeness (QED) is 0.154. The first kappa shape index (κ1) is 39.5. The number of amides is 1. The molecule has 0 saturated carbocycles. The van der Waals surface area contributed by atoms with Crippen LogP contribution < -0.4 is 0 Å². The molecule has 0 N–H and O–H groups in total. The van der Waals surface area contributed by atoms with Crippen molar-refractivity contribution in [1.29, 1.82) is 0 Å². The molecule has 0 spiro atoms. The number of halogens is 3. The third-order valence-corrected chi connectivity index (χ3v) is 9.98. The van der Waals surface area contributed by atoms with Crippen molar-refractivity contribution in [2.24, 2.45) is 7.05 Å². The number of nitrogens with zero attached hydrogens (tertiary/aromatic N) is 7. The molecule has 4 aromatic heterocycles. The molecule has 1 unspecified atom stereocenters. The van der Waals surface area contributed by atoms with Crippen LogP contribution in [0.3, 0.4) is 0 Å². The number of aromatic nitrogens is 5.